The Kier molecular flexibility index (Phi) is 3.92. The molecule has 0 saturated carbocycles. The van der Waals surface area contributed by atoms with E-state index in [0.29, 0.717) is 11.7 Å². The Morgan fingerprint density at radius 2 is 2.06 bits per heavy atom. The molecular formula is C13H19NO3S. The van der Waals surface area contributed by atoms with E-state index in [9.17, 15) is 8.42 Å². The van der Waals surface area contributed by atoms with Crippen LogP contribution in [-0.4, -0.2) is 33.9 Å². The van der Waals surface area contributed by atoms with Crippen LogP contribution in [-0.2, 0) is 9.84 Å². The number of piperidine rings is 1. The largest absolute Gasteiger partial charge is 0.487 e. The maximum absolute atomic E-state index is 11.7. The van der Waals surface area contributed by atoms with E-state index in [4.69, 9.17) is 4.74 Å². The van der Waals surface area contributed by atoms with Crippen LogP contribution in [0, 0.1) is 5.92 Å². The van der Waals surface area contributed by atoms with Crippen LogP contribution >= 0.6 is 0 Å². The molecule has 4 nitrogen and oxygen atoms in total. The molecule has 1 aromatic rings. The van der Waals surface area contributed by atoms with Gasteiger partial charge >= 0.3 is 0 Å². The van der Waals surface area contributed by atoms with Crippen molar-refractivity contribution in [3.8, 4) is 5.75 Å². The molecule has 0 aromatic heterocycles. The van der Waals surface area contributed by atoms with E-state index < -0.39 is 9.84 Å². The first kappa shape index (κ1) is 13.4. The minimum Gasteiger partial charge on any atom is -0.487 e. The van der Waals surface area contributed by atoms with E-state index in [1.165, 1.54) is 6.26 Å². The Hall–Kier alpha value is -1.07. The summed E-state index contributed by atoms with van der Waals surface area (Å²) in [6, 6.07) is 6.82. The maximum Gasteiger partial charge on any atom is 0.179 e. The number of ether oxygens (including phenoxy) is 1. The molecule has 18 heavy (non-hydrogen) atoms. The van der Waals surface area contributed by atoms with Crippen molar-refractivity contribution in [2.45, 2.75) is 24.3 Å². The number of rotatable bonds is 3. The van der Waals surface area contributed by atoms with Crippen molar-refractivity contribution in [3.63, 3.8) is 0 Å². The summed E-state index contributed by atoms with van der Waals surface area (Å²) in [6.45, 7) is 3.89. The average molecular weight is 269 g/mol. The van der Waals surface area contributed by atoms with Gasteiger partial charge in [0, 0.05) is 12.8 Å². The van der Waals surface area contributed by atoms with Crippen LogP contribution in [0.4, 0.5) is 0 Å². The van der Waals surface area contributed by atoms with E-state index in [-0.39, 0.29) is 11.0 Å². The lowest BCUT2D eigenvalue weighted by Crippen LogP contribution is -2.43. The first-order valence-corrected chi connectivity index (χ1v) is 8.04. The number of sulfone groups is 1. The standard InChI is InChI=1S/C13H19NO3S/c1-10-7-8-14-9-12(10)17-11-5-3-4-6-13(11)18(2,15)16/h3-6,10,12,14H,7-9H2,1-2H3. The van der Waals surface area contributed by atoms with Gasteiger partial charge in [-0.05, 0) is 31.0 Å². The van der Waals surface area contributed by atoms with E-state index >= 15 is 0 Å². The first-order chi connectivity index (χ1) is 8.48. The van der Waals surface area contributed by atoms with Crippen LogP contribution in [0.5, 0.6) is 5.75 Å². The van der Waals surface area contributed by atoms with Gasteiger partial charge in [0.1, 0.15) is 16.7 Å². The second kappa shape index (κ2) is 5.28. The smallest absolute Gasteiger partial charge is 0.179 e. The van der Waals surface area contributed by atoms with Gasteiger partial charge in [-0.2, -0.15) is 0 Å². The first-order valence-electron chi connectivity index (χ1n) is 6.15. The van der Waals surface area contributed by atoms with Gasteiger partial charge in [0.05, 0.1) is 0 Å². The summed E-state index contributed by atoms with van der Waals surface area (Å²) in [7, 11) is -3.25. The summed E-state index contributed by atoms with van der Waals surface area (Å²) < 4.78 is 29.2. The van der Waals surface area contributed by atoms with Crippen LogP contribution in [0.3, 0.4) is 0 Å². The van der Waals surface area contributed by atoms with Gasteiger partial charge in [0.15, 0.2) is 9.84 Å². The monoisotopic (exact) mass is 269 g/mol. The number of hydrogen-bond donors (Lipinski definition) is 1. The van der Waals surface area contributed by atoms with E-state index in [0.717, 1.165) is 19.5 Å². The molecule has 1 aliphatic heterocycles. The molecule has 0 bridgehead atoms. The zero-order valence-electron chi connectivity index (χ0n) is 10.7. The van der Waals surface area contributed by atoms with Crippen molar-refractivity contribution in [1.29, 1.82) is 0 Å². The summed E-state index contributed by atoms with van der Waals surface area (Å²) >= 11 is 0. The molecule has 0 amide bonds. The highest BCUT2D eigenvalue weighted by atomic mass is 32.2. The SMILES string of the molecule is CC1CCNCC1Oc1ccccc1S(C)(=O)=O. The summed E-state index contributed by atoms with van der Waals surface area (Å²) in [5.41, 5.74) is 0. The quantitative estimate of drug-likeness (QED) is 0.903. The van der Waals surface area contributed by atoms with Gasteiger partial charge in [0.25, 0.3) is 0 Å². The molecule has 0 aliphatic carbocycles. The topological polar surface area (TPSA) is 55.4 Å². The Labute approximate surface area is 108 Å². The van der Waals surface area contributed by atoms with Crippen molar-refractivity contribution in [3.05, 3.63) is 24.3 Å². The van der Waals surface area contributed by atoms with Gasteiger partial charge in [-0.1, -0.05) is 19.1 Å². The fraction of sp³-hybridized carbons (Fsp3) is 0.538. The van der Waals surface area contributed by atoms with Gasteiger partial charge < -0.3 is 10.1 Å². The molecule has 0 radical (unpaired) electrons. The zero-order chi connectivity index (χ0) is 13.2. The lowest BCUT2D eigenvalue weighted by molar-refractivity contribution is 0.111. The minimum atomic E-state index is -3.25. The van der Waals surface area contributed by atoms with Crippen molar-refractivity contribution >= 4 is 9.84 Å². The minimum absolute atomic E-state index is 0.0293. The third kappa shape index (κ3) is 3.03. The third-order valence-corrected chi connectivity index (χ3v) is 4.42. The Balaban J connectivity index is 2.24. The molecule has 100 valence electrons. The van der Waals surface area contributed by atoms with E-state index in [1.807, 2.05) is 0 Å². The van der Waals surface area contributed by atoms with Gasteiger partial charge in [-0.15, -0.1) is 0 Å². The predicted molar refractivity (Wildman–Crippen MR) is 70.6 cm³/mol. The molecule has 1 aromatic carbocycles. The predicted octanol–water partition coefficient (Wildman–Crippen LogP) is 1.47. The van der Waals surface area contributed by atoms with Crippen LogP contribution in [0.1, 0.15) is 13.3 Å². The number of nitrogens with one attached hydrogen (secondary N) is 1. The van der Waals surface area contributed by atoms with Crippen LogP contribution < -0.4 is 10.1 Å². The molecule has 1 N–H and O–H groups in total. The lowest BCUT2D eigenvalue weighted by atomic mass is 9.97. The maximum atomic E-state index is 11.7. The van der Waals surface area contributed by atoms with Crippen LogP contribution in [0.15, 0.2) is 29.2 Å². The third-order valence-electron chi connectivity index (χ3n) is 3.28. The molecule has 5 heteroatoms. The lowest BCUT2D eigenvalue weighted by Gasteiger charge is -2.30. The molecule has 1 saturated heterocycles. The molecule has 2 rings (SSSR count). The normalized spacial score (nSPS) is 24.8. The zero-order valence-corrected chi connectivity index (χ0v) is 11.5. The van der Waals surface area contributed by atoms with Crippen molar-refractivity contribution in [2.24, 2.45) is 5.92 Å². The average Bonchev–Trinajstić information content (AvgIpc) is 2.31. The van der Waals surface area contributed by atoms with Gasteiger partial charge in [-0.25, -0.2) is 8.42 Å². The second-order valence-electron chi connectivity index (χ2n) is 4.85. The Morgan fingerprint density at radius 1 is 1.33 bits per heavy atom. The molecule has 1 aliphatic rings. The molecule has 2 unspecified atom stereocenters. The fourth-order valence-corrected chi connectivity index (χ4v) is 2.94. The van der Waals surface area contributed by atoms with Crippen molar-refractivity contribution in [2.75, 3.05) is 19.3 Å². The van der Waals surface area contributed by atoms with E-state index in [2.05, 4.69) is 12.2 Å². The number of para-hydroxylation sites is 1. The highest BCUT2D eigenvalue weighted by Gasteiger charge is 2.24. The molecule has 1 heterocycles. The molecule has 2 atom stereocenters. The van der Waals surface area contributed by atoms with Crippen molar-refractivity contribution in [1.82, 2.24) is 5.32 Å². The molecule has 1 fully saturated rings. The van der Waals surface area contributed by atoms with Crippen molar-refractivity contribution < 1.29 is 13.2 Å². The fourth-order valence-electron chi connectivity index (χ4n) is 2.14. The molecular weight excluding hydrogens is 250 g/mol. The summed E-state index contributed by atoms with van der Waals surface area (Å²) in [5.74, 6) is 0.888. The molecule has 0 spiro atoms. The highest BCUT2D eigenvalue weighted by molar-refractivity contribution is 7.90. The van der Waals surface area contributed by atoms with Crippen LogP contribution in [0.2, 0.25) is 0 Å². The summed E-state index contributed by atoms with van der Waals surface area (Å²) in [4.78, 5) is 0.266. The number of benzene rings is 1. The van der Waals surface area contributed by atoms with Crippen LogP contribution in [0.25, 0.3) is 0 Å². The van der Waals surface area contributed by atoms with Gasteiger partial charge in [-0.3, -0.25) is 0 Å². The summed E-state index contributed by atoms with van der Waals surface area (Å²) in [6.07, 6.45) is 2.28. The highest BCUT2D eigenvalue weighted by Crippen LogP contribution is 2.26. The second-order valence-corrected chi connectivity index (χ2v) is 6.83. The van der Waals surface area contributed by atoms with E-state index in [1.54, 1.807) is 24.3 Å². The Morgan fingerprint density at radius 3 is 2.72 bits per heavy atom. The summed E-state index contributed by atoms with van der Waals surface area (Å²) in [5, 5.41) is 3.27. The van der Waals surface area contributed by atoms with Gasteiger partial charge in [0.2, 0.25) is 0 Å². The Bertz CT molecular complexity index is 513. The number of hydrogen-bond acceptors (Lipinski definition) is 4.